The Morgan fingerprint density at radius 2 is 1.52 bits per heavy atom. The average molecular weight is 823 g/mol. The molecule has 0 aliphatic rings. The number of hydrogen-bond acceptors (Lipinski definition) is 10. The number of nitriles is 1. The maximum atomic E-state index is 15.2. The van der Waals surface area contributed by atoms with Gasteiger partial charge in [0.05, 0.1) is 49.5 Å². The van der Waals surface area contributed by atoms with Crippen molar-refractivity contribution in [3.8, 4) is 16.8 Å². The van der Waals surface area contributed by atoms with Crippen molar-refractivity contribution in [2.45, 2.75) is 78.6 Å². The Bertz CT molecular complexity index is 2570. The molecule has 1 atom stereocenters. The highest BCUT2D eigenvalue weighted by Gasteiger charge is 2.55. The Balaban J connectivity index is 1.60. The third-order valence-corrected chi connectivity index (χ3v) is 16.5. The molecule has 58 heavy (non-hydrogen) atoms. The summed E-state index contributed by atoms with van der Waals surface area (Å²) < 4.78 is 36.1. The molecule has 12 nitrogen and oxygen atoms in total. The molecule has 3 heterocycles. The highest BCUT2D eigenvalue weighted by Crippen LogP contribution is 2.39. The second-order valence-corrected chi connectivity index (χ2v) is 21.6. The molecule has 6 rings (SSSR count). The van der Waals surface area contributed by atoms with Gasteiger partial charge in [-0.1, -0.05) is 92.8 Å². The topological polar surface area (TPSA) is 143 Å². The molecule has 302 valence electrons. The SMILES string of the molecule is COc1ccc(F)cc1[C@H](Cn1c(=O)n(C(C)(C)C(=O)O[Si](c2ccccc2)(c2ccccc2)C(C)(C)C)c(=O)c2c(C)c(-n3nccn3)sc21)OCC(C)(C)C#N. The number of benzene rings is 3. The van der Waals surface area contributed by atoms with Crippen LogP contribution in [0.1, 0.15) is 65.7 Å². The molecule has 6 aromatic rings. The van der Waals surface area contributed by atoms with E-state index in [0.29, 0.717) is 10.6 Å². The van der Waals surface area contributed by atoms with E-state index < -0.39 is 53.4 Å². The summed E-state index contributed by atoms with van der Waals surface area (Å²) in [6.07, 6.45) is 1.93. The fourth-order valence-electron chi connectivity index (χ4n) is 7.21. The Kier molecular flexibility index (Phi) is 11.5. The molecule has 0 unspecified atom stereocenters. The van der Waals surface area contributed by atoms with Gasteiger partial charge in [-0.05, 0) is 68.2 Å². The summed E-state index contributed by atoms with van der Waals surface area (Å²) in [5.41, 5.74) is -3.60. The van der Waals surface area contributed by atoms with Gasteiger partial charge in [0.2, 0.25) is 0 Å². The number of ether oxygens (including phenoxy) is 2. The van der Waals surface area contributed by atoms with Crippen LogP contribution < -0.4 is 26.4 Å². The van der Waals surface area contributed by atoms with Crippen molar-refractivity contribution < 1.29 is 23.1 Å². The molecule has 0 fully saturated rings. The number of carbonyl (C=O) groups excluding carboxylic acids is 1. The van der Waals surface area contributed by atoms with Crippen LogP contribution in [0.2, 0.25) is 5.04 Å². The molecule has 0 amide bonds. The van der Waals surface area contributed by atoms with Gasteiger partial charge in [0, 0.05) is 11.1 Å². The van der Waals surface area contributed by atoms with Crippen LogP contribution in [-0.2, 0) is 26.0 Å². The van der Waals surface area contributed by atoms with E-state index in [4.69, 9.17) is 13.9 Å². The van der Waals surface area contributed by atoms with E-state index in [1.165, 1.54) is 60.9 Å². The average Bonchev–Trinajstić information content (AvgIpc) is 3.85. The number of rotatable bonds is 13. The number of hydrogen-bond donors (Lipinski definition) is 0. The molecule has 0 bridgehead atoms. The lowest BCUT2D eigenvalue weighted by atomic mass is 9.97. The molecular weight excluding hydrogens is 776 g/mol. The molecular formula is C43H47FN6O6SSi. The quantitative estimate of drug-likeness (QED) is 0.121. The zero-order valence-electron chi connectivity index (χ0n) is 34.1. The normalized spacial score (nSPS) is 13.0. The van der Waals surface area contributed by atoms with Crippen molar-refractivity contribution in [2.75, 3.05) is 13.7 Å². The van der Waals surface area contributed by atoms with Crippen LogP contribution in [0.25, 0.3) is 15.2 Å². The fraction of sp³-hybridized carbons (Fsp3) is 0.349. The fourth-order valence-corrected chi connectivity index (χ4v) is 12.9. The third-order valence-electron chi connectivity index (χ3n) is 10.3. The molecule has 3 aromatic heterocycles. The smallest absolute Gasteiger partial charge is 0.333 e. The van der Waals surface area contributed by atoms with Gasteiger partial charge >= 0.3 is 20.0 Å². The largest absolute Gasteiger partial charge is 0.508 e. The number of aromatic nitrogens is 5. The highest BCUT2D eigenvalue weighted by atomic mass is 32.1. The molecule has 15 heteroatoms. The monoisotopic (exact) mass is 822 g/mol. The minimum absolute atomic E-state index is 0.0897. The van der Waals surface area contributed by atoms with Crippen LogP contribution in [0.15, 0.2) is 101 Å². The van der Waals surface area contributed by atoms with Gasteiger partial charge in [-0.3, -0.25) is 14.2 Å². The second kappa shape index (κ2) is 15.9. The van der Waals surface area contributed by atoms with Crippen molar-refractivity contribution >= 4 is 46.2 Å². The van der Waals surface area contributed by atoms with Crippen molar-refractivity contribution in [2.24, 2.45) is 5.41 Å². The van der Waals surface area contributed by atoms with Gasteiger partial charge in [-0.15, -0.1) is 4.80 Å². The van der Waals surface area contributed by atoms with Crippen molar-refractivity contribution in [3.05, 3.63) is 129 Å². The van der Waals surface area contributed by atoms with E-state index in [1.54, 1.807) is 20.8 Å². The minimum Gasteiger partial charge on any atom is -0.508 e. The number of aryl methyl sites for hydroxylation is 1. The first-order valence-electron chi connectivity index (χ1n) is 18.7. The predicted molar refractivity (Wildman–Crippen MR) is 224 cm³/mol. The lowest BCUT2D eigenvalue weighted by molar-refractivity contribution is -0.144. The highest BCUT2D eigenvalue weighted by molar-refractivity contribution is 7.21. The molecule has 0 saturated heterocycles. The number of carbonyl (C=O) groups is 1. The predicted octanol–water partition coefficient (Wildman–Crippen LogP) is 6.41. The summed E-state index contributed by atoms with van der Waals surface area (Å²) in [6, 6.07) is 25.4. The van der Waals surface area contributed by atoms with Gasteiger partial charge in [-0.25, -0.2) is 13.8 Å². The van der Waals surface area contributed by atoms with Crippen molar-refractivity contribution in [3.63, 3.8) is 0 Å². The van der Waals surface area contributed by atoms with Crippen molar-refractivity contribution in [1.82, 2.24) is 24.1 Å². The van der Waals surface area contributed by atoms with Crippen molar-refractivity contribution in [1.29, 1.82) is 5.26 Å². The Hall–Kier alpha value is -5.69. The second-order valence-electron chi connectivity index (χ2n) is 16.4. The van der Waals surface area contributed by atoms with Crippen LogP contribution in [0.3, 0.4) is 0 Å². The van der Waals surface area contributed by atoms with Gasteiger partial charge in [0.15, 0.2) is 0 Å². The van der Waals surface area contributed by atoms with Crippen LogP contribution in [0.5, 0.6) is 5.75 Å². The molecule has 0 saturated carbocycles. The minimum atomic E-state index is -3.51. The summed E-state index contributed by atoms with van der Waals surface area (Å²) >= 11 is 1.12. The Morgan fingerprint density at radius 3 is 2.05 bits per heavy atom. The maximum absolute atomic E-state index is 15.2. The number of methoxy groups -OCH3 is 1. The van der Waals surface area contributed by atoms with Crippen LogP contribution in [-0.4, -0.2) is 52.1 Å². The first-order valence-corrected chi connectivity index (χ1v) is 21.5. The first-order chi connectivity index (χ1) is 27.4. The van der Waals surface area contributed by atoms with Gasteiger partial charge < -0.3 is 13.9 Å². The third kappa shape index (κ3) is 7.55. The van der Waals surface area contributed by atoms with Gasteiger partial charge in [0.1, 0.15) is 33.0 Å². The van der Waals surface area contributed by atoms with Gasteiger partial charge in [-0.2, -0.15) is 15.5 Å². The number of nitrogens with zero attached hydrogens (tertiary/aromatic N) is 6. The lowest BCUT2D eigenvalue weighted by Crippen LogP contribution is -2.69. The first kappa shape index (κ1) is 41.9. The van der Waals surface area contributed by atoms with Crippen LogP contribution in [0, 0.1) is 29.5 Å². The molecule has 0 radical (unpaired) electrons. The maximum Gasteiger partial charge on any atom is 0.333 e. The van der Waals surface area contributed by atoms with E-state index >= 15 is 9.59 Å². The summed E-state index contributed by atoms with van der Waals surface area (Å²) in [7, 11) is -2.07. The van der Waals surface area contributed by atoms with E-state index in [0.717, 1.165) is 26.3 Å². The van der Waals surface area contributed by atoms with E-state index in [2.05, 4.69) is 16.3 Å². The molecule has 0 aliphatic heterocycles. The van der Waals surface area contributed by atoms with E-state index in [-0.39, 0.29) is 34.7 Å². The van der Waals surface area contributed by atoms with E-state index in [1.807, 2.05) is 81.4 Å². The summed E-state index contributed by atoms with van der Waals surface area (Å²) in [6.45, 7) is 13.9. The summed E-state index contributed by atoms with van der Waals surface area (Å²) in [4.78, 5) is 46.8. The van der Waals surface area contributed by atoms with Crippen LogP contribution >= 0.6 is 11.3 Å². The van der Waals surface area contributed by atoms with Gasteiger partial charge in [0.25, 0.3) is 5.56 Å². The molecule has 0 spiro atoms. The number of halogens is 1. The Morgan fingerprint density at radius 1 is 0.931 bits per heavy atom. The summed E-state index contributed by atoms with van der Waals surface area (Å²) in [5, 5.41) is 20.1. The zero-order valence-corrected chi connectivity index (χ0v) is 35.9. The molecule has 3 aromatic carbocycles. The standard InChI is InChI=1S/C43H47FN6O6SSi/c1-28-35-36(51)49(43(7,8)39(52)56-58(41(2,3)4,30-16-12-10-13-17-30)31-18-14-11-15-19-31)40(53)48(38(35)57-37(28)50-46-22-23-47-50)25-34(55-27-42(5,6)26-45)32-24-29(44)20-21-33(32)54-9/h10-24,34H,25,27H2,1-9H3/t34-/m0/s1. The van der Waals surface area contributed by atoms with E-state index in [9.17, 15) is 14.4 Å². The number of fused-ring (bicyclic) bond motifs is 1. The van der Waals surface area contributed by atoms with Crippen LogP contribution in [0.4, 0.5) is 4.39 Å². The number of thiophene rings is 1. The zero-order chi connectivity index (χ0) is 42.2. The molecule has 0 aliphatic carbocycles. The Labute approximate surface area is 341 Å². The lowest BCUT2D eigenvalue weighted by Gasteiger charge is -2.43. The summed E-state index contributed by atoms with van der Waals surface area (Å²) in [5.74, 6) is -1.06. The molecule has 0 N–H and O–H groups in total.